The number of carbonyl (C=O) groups excluding carboxylic acids is 2. The average molecular weight is 324 g/mol. The maximum absolute atomic E-state index is 12.1. The van der Waals surface area contributed by atoms with Gasteiger partial charge in [-0.1, -0.05) is 61.5 Å². The van der Waals surface area contributed by atoms with Crippen LogP contribution in [-0.4, -0.2) is 18.2 Å². The topological polar surface area (TPSA) is 72.2 Å². The highest BCUT2D eigenvalue weighted by Gasteiger charge is 2.11. The van der Waals surface area contributed by atoms with Crippen molar-refractivity contribution in [3.8, 4) is 0 Å². The summed E-state index contributed by atoms with van der Waals surface area (Å²) in [5, 5.41) is 2.79. The Morgan fingerprint density at radius 1 is 1.00 bits per heavy atom. The van der Waals surface area contributed by atoms with Crippen molar-refractivity contribution in [2.24, 2.45) is 5.73 Å². The van der Waals surface area contributed by atoms with Gasteiger partial charge in [0.25, 0.3) is 0 Å². The molecule has 0 aliphatic rings. The molecule has 0 fully saturated rings. The van der Waals surface area contributed by atoms with Crippen molar-refractivity contribution in [3.05, 3.63) is 71.3 Å². The molecule has 2 rings (SSSR count). The van der Waals surface area contributed by atoms with E-state index in [0.717, 1.165) is 12.0 Å². The lowest BCUT2D eigenvalue weighted by Gasteiger charge is -2.13. The van der Waals surface area contributed by atoms with Gasteiger partial charge >= 0.3 is 0 Å². The Hall–Kier alpha value is -2.46. The van der Waals surface area contributed by atoms with Gasteiger partial charge in [-0.3, -0.25) is 9.59 Å². The highest BCUT2D eigenvalue weighted by atomic mass is 16.2. The fraction of sp³-hybridized carbons (Fsp3) is 0.300. The summed E-state index contributed by atoms with van der Waals surface area (Å²) >= 11 is 0. The number of carbonyl (C=O) groups is 2. The fourth-order valence-corrected chi connectivity index (χ4v) is 2.43. The number of aryl methyl sites for hydroxylation is 1. The number of nitrogens with one attached hydrogen (secondary N) is 1. The van der Waals surface area contributed by atoms with Crippen LogP contribution in [0.25, 0.3) is 0 Å². The lowest BCUT2D eigenvalue weighted by Crippen LogP contribution is -2.32. The Kier molecular flexibility index (Phi) is 6.70. The molecule has 0 saturated carbocycles. The Bertz CT molecular complexity index is 666. The van der Waals surface area contributed by atoms with Crippen LogP contribution in [-0.2, 0) is 11.2 Å². The SMILES string of the molecule is CCc1ccc(C(=O)CCC(=O)NCC(N)c2ccccc2)cc1. The van der Waals surface area contributed by atoms with Crippen LogP contribution in [0, 0.1) is 0 Å². The van der Waals surface area contributed by atoms with Crippen LogP contribution in [0.15, 0.2) is 54.6 Å². The van der Waals surface area contributed by atoms with Crippen molar-refractivity contribution in [3.63, 3.8) is 0 Å². The third-order valence-corrected chi connectivity index (χ3v) is 4.01. The van der Waals surface area contributed by atoms with Crippen LogP contribution in [0.5, 0.6) is 0 Å². The van der Waals surface area contributed by atoms with E-state index < -0.39 is 0 Å². The van der Waals surface area contributed by atoms with Crippen molar-refractivity contribution in [1.29, 1.82) is 0 Å². The molecule has 1 amide bonds. The Morgan fingerprint density at radius 3 is 2.29 bits per heavy atom. The molecule has 4 heteroatoms. The van der Waals surface area contributed by atoms with Crippen molar-refractivity contribution in [2.75, 3.05) is 6.54 Å². The number of Topliss-reactive ketones (excluding diaryl/α,β-unsaturated/α-hetero) is 1. The minimum Gasteiger partial charge on any atom is -0.354 e. The first-order valence-corrected chi connectivity index (χ1v) is 8.29. The molecule has 2 aromatic carbocycles. The third-order valence-electron chi connectivity index (χ3n) is 4.01. The smallest absolute Gasteiger partial charge is 0.220 e. The molecule has 0 heterocycles. The average Bonchev–Trinajstić information content (AvgIpc) is 2.64. The van der Waals surface area contributed by atoms with Crippen LogP contribution in [0.2, 0.25) is 0 Å². The van der Waals surface area contributed by atoms with Crippen molar-refractivity contribution >= 4 is 11.7 Å². The largest absolute Gasteiger partial charge is 0.354 e. The standard InChI is InChI=1S/C20H24N2O2/c1-2-15-8-10-17(11-9-15)19(23)12-13-20(24)22-14-18(21)16-6-4-3-5-7-16/h3-11,18H,2,12-14,21H2,1H3,(H,22,24). The molecule has 0 aliphatic heterocycles. The molecule has 3 N–H and O–H groups in total. The van der Waals surface area contributed by atoms with E-state index in [-0.39, 0.29) is 30.6 Å². The van der Waals surface area contributed by atoms with Crippen molar-refractivity contribution < 1.29 is 9.59 Å². The third kappa shape index (κ3) is 5.32. The summed E-state index contributed by atoms with van der Waals surface area (Å²) < 4.78 is 0. The highest BCUT2D eigenvalue weighted by Crippen LogP contribution is 2.10. The molecule has 1 unspecified atom stereocenters. The molecule has 0 radical (unpaired) electrons. The maximum Gasteiger partial charge on any atom is 0.220 e. The Balaban J connectivity index is 1.75. The predicted molar refractivity (Wildman–Crippen MR) is 95.8 cm³/mol. The molecule has 0 spiro atoms. The van der Waals surface area contributed by atoms with Crippen molar-refractivity contribution in [2.45, 2.75) is 32.2 Å². The van der Waals surface area contributed by atoms with Crippen LogP contribution in [0.1, 0.15) is 47.3 Å². The van der Waals surface area contributed by atoms with Crippen LogP contribution in [0.3, 0.4) is 0 Å². The first-order chi connectivity index (χ1) is 11.6. The van der Waals surface area contributed by atoms with Gasteiger partial charge in [0.1, 0.15) is 0 Å². The fourth-order valence-electron chi connectivity index (χ4n) is 2.43. The predicted octanol–water partition coefficient (Wildman–Crippen LogP) is 3.03. The minimum absolute atomic E-state index is 0.0137. The van der Waals surface area contributed by atoms with Crippen LogP contribution >= 0.6 is 0 Å². The summed E-state index contributed by atoms with van der Waals surface area (Å²) in [6, 6.07) is 16.9. The number of amides is 1. The van der Waals surface area contributed by atoms with Gasteiger partial charge < -0.3 is 11.1 Å². The molecular weight excluding hydrogens is 300 g/mol. The molecule has 2 aromatic rings. The number of hydrogen-bond acceptors (Lipinski definition) is 3. The van der Waals surface area contributed by atoms with E-state index in [2.05, 4.69) is 12.2 Å². The van der Waals surface area contributed by atoms with Gasteiger partial charge in [0.15, 0.2) is 5.78 Å². The quantitative estimate of drug-likeness (QED) is 0.733. The molecule has 126 valence electrons. The second kappa shape index (κ2) is 8.99. The molecule has 0 aliphatic carbocycles. The first kappa shape index (κ1) is 17.9. The number of benzene rings is 2. The van der Waals surface area contributed by atoms with Gasteiger partial charge in [0.2, 0.25) is 5.91 Å². The summed E-state index contributed by atoms with van der Waals surface area (Å²) in [4.78, 5) is 24.0. The molecule has 24 heavy (non-hydrogen) atoms. The Labute approximate surface area is 143 Å². The molecule has 1 atom stereocenters. The Morgan fingerprint density at radius 2 is 1.67 bits per heavy atom. The van der Waals surface area contributed by atoms with E-state index in [0.29, 0.717) is 12.1 Å². The molecule has 0 bridgehead atoms. The van der Waals surface area contributed by atoms with Gasteiger partial charge in [-0.15, -0.1) is 0 Å². The zero-order valence-corrected chi connectivity index (χ0v) is 14.0. The minimum atomic E-state index is -0.243. The summed E-state index contributed by atoms with van der Waals surface area (Å²) in [5.41, 5.74) is 8.86. The summed E-state index contributed by atoms with van der Waals surface area (Å²) in [6.45, 7) is 2.43. The lowest BCUT2D eigenvalue weighted by molar-refractivity contribution is -0.121. The summed E-state index contributed by atoms with van der Waals surface area (Å²) in [5.74, 6) is -0.167. The number of nitrogens with two attached hydrogens (primary N) is 1. The van der Waals surface area contributed by atoms with Crippen LogP contribution < -0.4 is 11.1 Å². The van der Waals surface area contributed by atoms with Gasteiger partial charge in [0.05, 0.1) is 0 Å². The van der Waals surface area contributed by atoms with E-state index in [1.807, 2.05) is 54.6 Å². The zero-order valence-electron chi connectivity index (χ0n) is 14.0. The van der Waals surface area contributed by atoms with Gasteiger partial charge in [-0.05, 0) is 17.5 Å². The van der Waals surface area contributed by atoms with E-state index in [9.17, 15) is 9.59 Å². The number of hydrogen-bond donors (Lipinski definition) is 2. The lowest BCUT2D eigenvalue weighted by atomic mass is 10.0. The first-order valence-electron chi connectivity index (χ1n) is 8.29. The van der Waals surface area contributed by atoms with Crippen LogP contribution in [0.4, 0.5) is 0 Å². The van der Waals surface area contributed by atoms with Gasteiger partial charge in [-0.2, -0.15) is 0 Å². The monoisotopic (exact) mass is 324 g/mol. The van der Waals surface area contributed by atoms with E-state index >= 15 is 0 Å². The molecular formula is C20H24N2O2. The normalized spacial score (nSPS) is 11.8. The molecule has 0 saturated heterocycles. The number of ketones is 1. The highest BCUT2D eigenvalue weighted by molar-refractivity contribution is 5.97. The van der Waals surface area contributed by atoms with Gasteiger partial charge in [-0.25, -0.2) is 0 Å². The second-order valence-corrected chi connectivity index (χ2v) is 5.79. The van der Waals surface area contributed by atoms with E-state index in [1.54, 1.807) is 0 Å². The zero-order chi connectivity index (χ0) is 17.4. The molecule has 0 aromatic heterocycles. The maximum atomic E-state index is 12.1. The van der Waals surface area contributed by atoms with E-state index in [1.165, 1.54) is 5.56 Å². The molecule has 4 nitrogen and oxygen atoms in total. The summed E-state index contributed by atoms with van der Waals surface area (Å²) in [7, 11) is 0. The second-order valence-electron chi connectivity index (χ2n) is 5.79. The van der Waals surface area contributed by atoms with Crippen molar-refractivity contribution in [1.82, 2.24) is 5.32 Å². The van der Waals surface area contributed by atoms with Gasteiger partial charge in [0, 0.05) is 31.0 Å². The number of rotatable bonds is 8. The van der Waals surface area contributed by atoms with E-state index in [4.69, 9.17) is 5.73 Å². The summed E-state index contributed by atoms with van der Waals surface area (Å²) in [6.07, 6.45) is 1.33.